The predicted molar refractivity (Wildman–Crippen MR) is 52.6 cm³/mol. The van der Waals surface area contributed by atoms with Gasteiger partial charge in [0.2, 0.25) is 10.0 Å². The van der Waals surface area contributed by atoms with Crippen LogP contribution in [0.25, 0.3) is 0 Å². The Labute approximate surface area is 95.5 Å². The van der Waals surface area contributed by atoms with Gasteiger partial charge in [0.25, 0.3) is 0 Å². The van der Waals surface area contributed by atoms with Crippen LogP contribution in [0.1, 0.15) is 6.42 Å². The summed E-state index contributed by atoms with van der Waals surface area (Å²) >= 11 is 0. The van der Waals surface area contributed by atoms with Crippen molar-refractivity contribution < 1.29 is 28.2 Å². The summed E-state index contributed by atoms with van der Waals surface area (Å²) in [6, 6.07) is -1.73. The molecule has 1 rings (SSSR count). The number of aromatic amines is 1. The summed E-state index contributed by atoms with van der Waals surface area (Å²) in [6.45, 7) is 0. The molecule has 0 bridgehead atoms. The first-order valence-corrected chi connectivity index (χ1v) is 5.77. The molecule has 0 aliphatic rings. The number of nitrogens with one attached hydrogen (secondary N) is 2. The molecule has 0 aliphatic heterocycles. The van der Waals surface area contributed by atoms with Gasteiger partial charge in [-0.1, -0.05) is 0 Å². The minimum atomic E-state index is -4.09. The summed E-state index contributed by atoms with van der Waals surface area (Å²) in [4.78, 5) is 20.8. The highest BCUT2D eigenvalue weighted by molar-refractivity contribution is 7.89. The topological polar surface area (TPSA) is 149 Å². The molecule has 1 heterocycles. The number of carboxylic acid groups (broad SMARTS) is 2. The van der Waals surface area contributed by atoms with Gasteiger partial charge in [-0.05, 0) is 0 Å². The van der Waals surface area contributed by atoms with E-state index in [0.29, 0.717) is 0 Å². The highest BCUT2D eigenvalue weighted by Crippen LogP contribution is 2.07. The average molecular weight is 263 g/mol. The summed E-state index contributed by atoms with van der Waals surface area (Å²) in [7, 11) is -4.09. The fourth-order valence-electron chi connectivity index (χ4n) is 0.995. The molecule has 10 heteroatoms. The van der Waals surface area contributed by atoms with Crippen LogP contribution in [0.15, 0.2) is 17.3 Å². The predicted octanol–water partition coefficient (Wildman–Crippen LogP) is -1.38. The Bertz CT molecular complexity index is 508. The Morgan fingerprint density at radius 2 is 2.12 bits per heavy atom. The number of carboxylic acids is 2. The molecule has 0 saturated carbocycles. The van der Waals surface area contributed by atoms with Crippen LogP contribution in [0.5, 0.6) is 0 Å². The minimum Gasteiger partial charge on any atom is -0.481 e. The highest BCUT2D eigenvalue weighted by Gasteiger charge is 2.27. The Balaban J connectivity index is 2.87. The van der Waals surface area contributed by atoms with Crippen molar-refractivity contribution in [3.63, 3.8) is 0 Å². The van der Waals surface area contributed by atoms with Crippen LogP contribution >= 0.6 is 0 Å². The third kappa shape index (κ3) is 3.53. The molecule has 1 atom stereocenters. The third-order valence-corrected chi connectivity index (χ3v) is 3.20. The number of hydrogen-bond acceptors (Lipinski definition) is 5. The molecule has 0 unspecified atom stereocenters. The third-order valence-electron chi connectivity index (χ3n) is 1.76. The van der Waals surface area contributed by atoms with Crippen molar-refractivity contribution in [2.24, 2.45) is 0 Å². The number of carbonyl (C=O) groups is 2. The number of H-pyrrole nitrogens is 1. The first kappa shape index (κ1) is 13.1. The average Bonchev–Trinajstić information content (AvgIpc) is 2.68. The van der Waals surface area contributed by atoms with E-state index >= 15 is 0 Å². The van der Waals surface area contributed by atoms with E-state index in [2.05, 4.69) is 10.2 Å². The molecule has 94 valence electrons. The molecule has 0 radical (unpaired) electrons. The molecule has 4 N–H and O–H groups in total. The lowest BCUT2D eigenvalue weighted by atomic mass is 10.2. The maximum atomic E-state index is 11.6. The van der Waals surface area contributed by atoms with Gasteiger partial charge in [-0.2, -0.15) is 9.82 Å². The zero-order valence-electron chi connectivity index (χ0n) is 8.32. The van der Waals surface area contributed by atoms with Gasteiger partial charge in [0, 0.05) is 6.20 Å². The van der Waals surface area contributed by atoms with Gasteiger partial charge in [0.05, 0.1) is 12.6 Å². The van der Waals surface area contributed by atoms with E-state index in [1.807, 2.05) is 0 Å². The van der Waals surface area contributed by atoms with Crippen molar-refractivity contribution in [1.29, 1.82) is 0 Å². The molecule has 0 saturated heterocycles. The molecule has 0 fully saturated rings. The molecular formula is C7H9N3O6S. The zero-order chi connectivity index (χ0) is 13.1. The van der Waals surface area contributed by atoms with Crippen LogP contribution in [0.3, 0.4) is 0 Å². The molecule has 0 aromatic carbocycles. The second-order valence-electron chi connectivity index (χ2n) is 3.04. The van der Waals surface area contributed by atoms with Crippen molar-refractivity contribution in [2.45, 2.75) is 17.4 Å². The van der Waals surface area contributed by atoms with Crippen molar-refractivity contribution in [3.05, 3.63) is 12.4 Å². The van der Waals surface area contributed by atoms with E-state index in [9.17, 15) is 18.0 Å². The largest absolute Gasteiger partial charge is 0.481 e. The van der Waals surface area contributed by atoms with Crippen LogP contribution in [0.4, 0.5) is 0 Å². The van der Waals surface area contributed by atoms with Crippen molar-refractivity contribution in [1.82, 2.24) is 14.9 Å². The number of aliphatic carboxylic acids is 2. The molecule has 0 spiro atoms. The van der Waals surface area contributed by atoms with Crippen LogP contribution in [-0.4, -0.2) is 46.8 Å². The van der Waals surface area contributed by atoms with Gasteiger partial charge in [-0.25, -0.2) is 8.42 Å². The fraction of sp³-hybridized carbons (Fsp3) is 0.286. The van der Waals surface area contributed by atoms with Crippen molar-refractivity contribution in [3.8, 4) is 0 Å². The van der Waals surface area contributed by atoms with Crippen LogP contribution < -0.4 is 4.72 Å². The maximum Gasteiger partial charge on any atom is 0.322 e. The molecule has 0 aliphatic carbocycles. The lowest BCUT2D eigenvalue weighted by Gasteiger charge is -2.11. The standard InChI is InChI=1S/C7H9N3O6S/c11-6(12)1-5(7(13)14)10-17(15,16)4-2-8-9-3-4/h2-3,5,10H,1H2,(H,8,9)(H,11,12)(H,13,14)/t5-/m1/s1. The monoisotopic (exact) mass is 263 g/mol. The first-order valence-electron chi connectivity index (χ1n) is 4.28. The van der Waals surface area contributed by atoms with Crippen molar-refractivity contribution in [2.75, 3.05) is 0 Å². The van der Waals surface area contributed by atoms with Crippen LogP contribution in [-0.2, 0) is 19.6 Å². The smallest absolute Gasteiger partial charge is 0.322 e. The van der Waals surface area contributed by atoms with Crippen molar-refractivity contribution >= 4 is 22.0 Å². The molecule has 9 nitrogen and oxygen atoms in total. The molecule has 1 aromatic heterocycles. The second-order valence-corrected chi connectivity index (χ2v) is 4.76. The van der Waals surface area contributed by atoms with Crippen LogP contribution in [0.2, 0.25) is 0 Å². The number of sulfonamides is 1. The van der Waals surface area contributed by atoms with Gasteiger partial charge < -0.3 is 10.2 Å². The lowest BCUT2D eigenvalue weighted by molar-refractivity contribution is -0.145. The molecular weight excluding hydrogens is 254 g/mol. The lowest BCUT2D eigenvalue weighted by Crippen LogP contribution is -2.42. The number of hydrogen-bond donors (Lipinski definition) is 4. The first-order chi connectivity index (χ1) is 7.83. The summed E-state index contributed by atoms with van der Waals surface area (Å²) < 4.78 is 24.9. The summed E-state index contributed by atoms with van der Waals surface area (Å²) in [5.74, 6) is -2.99. The highest BCUT2D eigenvalue weighted by atomic mass is 32.2. The van der Waals surface area contributed by atoms with Gasteiger partial charge >= 0.3 is 11.9 Å². The minimum absolute atomic E-state index is 0.269. The molecule has 1 aromatic rings. The van der Waals surface area contributed by atoms with Gasteiger partial charge in [0.15, 0.2) is 0 Å². The summed E-state index contributed by atoms with van der Waals surface area (Å²) in [5, 5.41) is 22.8. The van der Waals surface area contributed by atoms with Gasteiger partial charge in [0.1, 0.15) is 10.9 Å². The number of aromatic nitrogens is 2. The fourth-order valence-corrected chi connectivity index (χ4v) is 2.09. The maximum absolute atomic E-state index is 11.6. The van der Waals surface area contributed by atoms with E-state index in [4.69, 9.17) is 10.2 Å². The second kappa shape index (κ2) is 4.93. The Kier molecular flexibility index (Phi) is 3.81. The van der Waals surface area contributed by atoms with E-state index in [1.165, 1.54) is 0 Å². The van der Waals surface area contributed by atoms with E-state index in [-0.39, 0.29) is 4.90 Å². The van der Waals surface area contributed by atoms with E-state index in [1.54, 1.807) is 4.72 Å². The van der Waals surface area contributed by atoms with Gasteiger partial charge in [-0.15, -0.1) is 0 Å². The SMILES string of the molecule is O=C(O)C[C@@H](NS(=O)(=O)c1cn[nH]c1)C(=O)O. The van der Waals surface area contributed by atoms with E-state index in [0.717, 1.165) is 12.4 Å². The Morgan fingerprint density at radius 3 is 2.53 bits per heavy atom. The quantitative estimate of drug-likeness (QED) is 0.493. The zero-order valence-corrected chi connectivity index (χ0v) is 9.14. The number of nitrogens with zero attached hydrogens (tertiary/aromatic N) is 1. The Hall–Kier alpha value is -1.94. The molecule has 17 heavy (non-hydrogen) atoms. The van der Waals surface area contributed by atoms with Crippen LogP contribution in [0, 0.1) is 0 Å². The number of rotatable bonds is 6. The normalized spacial score (nSPS) is 13.2. The van der Waals surface area contributed by atoms with Gasteiger partial charge in [-0.3, -0.25) is 14.7 Å². The van der Waals surface area contributed by atoms with E-state index < -0.39 is 34.4 Å². The molecule has 0 amide bonds. The summed E-state index contributed by atoms with van der Waals surface area (Å²) in [6.07, 6.45) is 1.16. The Morgan fingerprint density at radius 1 is 1.47 bits per heavy atom. The summed E-state index contributed by atoms with van der Waals surface area (Å²) in [5.41, 5.74) is 0.